The van der Waals surface area contributed by atoms with Crippen LogP contribution in [0.15, 0.2) is 61.1 Å². The average molecular weight is 625 g/mol. The number of ether oxygens (including phenoxy) is 2. The fourth-order valence-electron chi connectivity index (χ4n) is 4.25. The molecule has 2 N–H and O–H groups in total. The molecule has 0 fully saturated rings. The average Bonchev–Trinajstić information content (AvgIpc) is 3.42. The predicted octanol–water partition coefficient (Wildman–Crippen LogP) is 4.40. The van der Waals surface area contributed by atoms with Crippen LogP contribution in [0, 0.1) is 26.1 Å². The number of nitrogens with one attached hydrogen (secondary N) is 2. The number of nitro benzene ring substituents is 2. The maximum Gasteiger partial charge on any atom is 0.408 e. The molecular weight excluding hydrogens is 588 g/mol. The van der Waals surface area contributed by atoms with Crippen molar-refractivity contribution in [1.82, 2.24) is 20.2 Å². The number of carbonyl (C=O) groups excluding carboxylic acids is 3. The molecule has 0 saturated carbocycles. The van der Waals surface area contributed by atoms with Gasteiger partial charge in [0.2, 0.25) is 5.91 Å². The lowest BCUT2D eigenvalue weighted by Gasteiger charge is -2.25. The summed E-state index contributed by atoms with van der Waals surface area (Å²) in [5.41, 5.74) is -0.839. The third kappa shape index (κ3) is 10.4. The zero-order valence-electron chi connectivity index (χ0n) is 25.6. The number of amides is 2. The van der Waals surface area contributed by atoms with Gasteiger partial charge in [-0.15, -0.1) is 0 Å². The molecule has 15 nitrogen and oxygen atoms in total. The third-order valence-corrected chi connectivity index (χ3v) is 6.23. The topological polar surface area (TPSA) is 198 Å². The number of nitrogens with zero attached hydrogens (tertiary/aromatic N) is 4. The summed E-state index contributed by atoms with van der Waals surface area (Å²) in [5.74, 6) is -1.35. The van der Waals surface area contributed by atoms with Crippen LogP contribution < -0.4 is 10.6 Å². The molecule has 2 atom stereocenters. The molecule has 0 aliphatic rings. The lowest BCUT2D eigenvalue weighted by Crippen LogP contribution is -2.53. The van der Waals surface area contributed by atoms with Crippen molar-refractivity contribution >= 4 is 29.3 Å². The number of hydrogen-bond acceptors (Lipinski definition) is 10. The van der Waals surface area contributed by atoms with Crippen LogP contribution in [0.25, 0.3) is 5.69 Å². The minimum atomic E-state index is -1.27. The van der Waals surface area contributed by atoms with Crippen molar-refractivity contribution in [1.29, 1.82) is 0 Å². The van der Waals surface area contributed by atoms with Gasteiger partial charge in [-0.05, 0) is 44.7 Å². The molecule has 2 aromatic carbocycles. The van der Waals surface area contributed by atoms with Gasteiger partial charge in [0.25, 0.3) is 11.4 Å². The molecule has 0 aliphatic heterocycles. The molecule has 0 bridgehead atoms. The zero-order valence-corrected chi connectivity index (χ0v) is 25.6. The van der Waals surface area contributed by atoms with Crippen molar-refractivity contribution in [2.24, 2.45) is 5.92 Å². The number of rotatable bonds is 13. The maximum atomic E-state index is 13.6. The van der Waals surface area contributed by atoms with Crippen molar-refractivity contribution in [2.45, 2.75) is 71.8 Å². The summed E-state index contributed by atoms with van der Waals surface area (Å²) in [6.07, 6.45) is 1.82. The van der Waals surface area contributed by atoms with Crippen LogP contribution in [0.2, 0.25) is 0 Å². The first-order chi connectivity index (χ1) is 21.1. The fourth-order valence-corrected chi connectivity index (χ4v) is 4.25. The Morgan fingerprint density at radius 3 is 2.27 bits per heavy atom. The number of non-ortho nitro benzene ring substituents is 1. The minimum absolute atomic E-state index is 0.00334. The summed E-state index contributed by atoms with van der Waals surface area (Å²) in [4.78, 5) is 64.8. The van der Waals surface area contributed by atoms with Crippen LogP contribution in [-0.4, -0.2) is 55.1 Å². The van der Waals surface area contributed by atoms with E-state index in [0.29, 0.717) is 0 Å². The van der Waals surface area contributed by atoms with Gasteiger partial charge < -0.3 is 20.1 Å². The van der Waals surface area contributed by atoms with Crippen LogP contribution in [0.1, 0.15) is 52.3 Å². The highest BCUT2D eigenvalue weighted by atomic mass is 16.6. The van der Waals surface area contributed by atoms with E-state index in [1.54, 1.807) is 32.9 Å². The third-order valence-electron chi connectivity index (χ3n) is 6.23. The standard InChI is InChI=1S/C30H36N6O9/c1-19(2)13-24(28(38)44-17-20-9-7-6-8-10-20)32-27(37)23(33-29(39)45-30(3,4)5)14-21-16-34(18-31-21)25-12-11-22(35(40)41)15-26(25)36(42)43/h6-12,15-16,18-19,23-24H,13-14,17H2,1-5H3,(H,32,37)(H,33,39)/t23-,24-/m0/s1. The molecule has 45 heavy (non-hydrogen) atoms. The molecule has 0 radical (unpaired) electrons. The Balaban J connectivity index is 1.85. The van der Waals surface area contributed by atoms with E-state index in [4.69, 9.17) is 9.47 Å². The molecule has 1 heterocycles. The van der Waals surface area contributed by atoms with Gasteiger partial charge in [-0.2, -0.15) is 0 Å². The summed E-state index contributed by atoms with van der Waals surface area (Å²) in [6, 6.07) is 9.92. The normalized spacial score (nSPS) is 12.6. The number of benzene rings is 2. The quantitative estimate of drug-likeness (QED) is 0.156. The fraction of sp³-hybridized carbons (Fsp3) is 0.400. The summed E-state index contributed by atoms with van der Waals surface area (Å²) in [7, 11) is 0. The van der Waals surface area contributed by atoms with Crippen molar-refractivity contribution in [2.75, 3.05) is 0 Å². The van der Waals surface area contributed by atoms with E-state index in [2.05, 4.69) is 15.6 Å². The van der Waals surface area contributed by atoms with Gasteiger partial charge in [0.15, 0.2) is 0 Å². The predicted molar refractivity (Wildman–Crippen MR) is 161 cm³/mol. The number of esters is 1. The Kier molecular flexibility index (Phi) is 11.3. The molecule has 15 heteroatoms. The van der Waals surface area contributed by atoms with Gasteiger partial charge in [-0.25, -0.2) is 14.6 Å². The number of aromatic nitrogens is 2. The highest BCUT2D eigenvalue weighted by Gasteiger charge is 2.31. The Morgan fingerprint density at radius 2 is 1.67 bits per heavy atom. The monoisotopic (exact) mass is 624 g/mol. The van der Waals surface area contributed by atoms with Gasteiger partial charge in [-0.1, -0.05) is 44.2 Å². The van der Waals surface area contributed by atoms with Crippen LogP contribution in [0.5, 0.6) is 0 Å². The van der Waals surface area contributed by atoms with Crippen LogP contribution in [-0.2, 0) is 32.1 Å². The molecule has 2 amide bonds. The van der Waals surface area contributed by atoms with Gasteiger partial charge in [-0.3, -0.25) is 29.6 Å². The van der Waals surface area contributed by atoms with E-state index in [1.807, 2.05) is 32.0 Å². The van der Waals surface area contributed by atoms with E-state index in [9.17, 15) is 34.6 Å². The molecule has 3 rings (SSSR count). The van der Waals surface area contributed by atoms with Crippen LogP contribution >= 0.6 is 0 Å². The molecular formula is C30H36N6O9. The van der Waals surface area contributed by atoms with Crippen LogP contribution in [0.3, 0.4) is 0 Å². The first-order valence-corrected chi connectivity index (χ1v) is 14.1. The van der Waals surface area contributed by atoms with E-state index < -0.39 is 56.9 Å². The number of carbonyl (C=O) groups is 3. The smallest absolute Gasteiger partial charge is 0.408 e. The first-order valence-electron chi connectivity index (χ1n) is 14.1. The molecule has 3 aromatic rings. The van der Waals surface area contributed by atoms with Gasteiger partial charge in [0, 0.05) is 18.7 Å². The number of alkyl carbamates (subject to hydrolysis) is 1. The molecule has 240 valence electrons. The molecule has 0 unspecified atom stereocenters. The molecule has 0 spiro atoms. The van der Waals surface area contributed by atoms with Gasteiger partial charge in [0.1, 0.15) is 30.0 Å². The highest BCUT2D eigenvalue weighted by molar-refractivity contribution is 5.90. The van der Waals surface area contributed by atoms with Gasteiger partial charge in [0.05, 0.1) is 27.9 Å². The largest absolute Gasteiger partial charge is 0.459 e. The second-order valence-corrected chi connectivity index (χ2v) is 11.6. The molecule has 1 aromatic heterocycles. The van der Waals surface area contributed by atoms with Crippen molar-refractivity contribution in [3.05, 3.63) is 92.5 Å². The van der Waals surface area contributed by atoms with E-state index >= 15 is 0 Å². The number of imidazole rings is 1. The Morgan fingerprint density at radius 1 is 0.978 bits per heavy atom. The minimum Gasteiger partial charge on any atom is -0.459 e. The van der Waals surface area contributed by atoms with Crippen molar-refractivity contribution < 1.29 is 33.7 Å². The maximum absolute atomic E-state index is 13.6. The molecule has 0 saturated heterocycles. The Bertz CT molecular complexity index is 1530. The summed E-state index contributed by atoms with van der Waals surface area (Å²) >= 11 is 0. The second kappa shape index (κ2) is 14.9. The summed E-state index contributed by atoms with van der Waals surface area (Å²) in [6.45, 7) is 8.73. The number of nitro groups is 2. The van der Waals surface area contributed by atoms with Crippen molar-refractivity contribution in [3.8, 4) is 5.69 Å². The number of hydrogen-bond donors (Lipinski definition) is 2. The molecule has 0 aliphatic carbocycles. The zero-order chi connectivity index (χ0) is 33.3. The summed E-state index contributed by atoms with van der Waals surface area (Å²) in [5, 5.41) is 28.0. The summed E-state index contributed by atoms with van der Waals surface area (Å²) < 4.78 is 12.1. The first kappa shape index (κ1) is 34.2. The van der Waals surface area contributed by atoms with E-state index in [1.165, 1.54) is 23.2 Å². The Labute approximate surface area is 259 Å². The van der Waals surface area contributed by atoms with Crippen LogP contribution in [0.4, 0.5) is 16.2 Å². The lowest BCUT2D eigenvalue weighted by molar-refractivity contribution is -0.394. The van der Waals surface area contributed by atoms with Crippen molar-refractivity contribution in [3.63, 3.8) is 0 Å². The van der Waals surface area contributed by atoms with Gasteiger partial charge >= 0.3 is 12.1 Å². The lowest BCUT2D eigenvalue weighted by atomic mass is 10.0. The van der Waals surface area contributed by atoms with E-state index in [0.717, 1.165) is 17.7 Å². The SMILES string of the molecule is CC(C)C[C@H](NC(=O)[C@H](Cc1cn(-c2ccc([N+](=O)[O-])cc2[N+](=O)[O-])cn1)NC(=O)OC(C)(C)C)C(=O)OCc1ccccc1. The second-order valence-electron chi connectivity index (χ2n) is 11.6. The van der Waals surface area contributed by atoms with E-state index in [-0.39, 0.29) is 36.7 Å². The highest BCUT2D eigenvalue weighted by Crippen LogP contribution is 2.28. The Hall–Kier alpha value is -5.34.